The summed E-state index contributed by atoms with van der Waals surface area (Å²) in [5.74, 6) is 0.0166. The van der Waals surface area contributed by atoms with Crippen LogP contribution in [-0.2, 0) is 14.8 Å². The van der Waals surface area contributed by atoms with Gasteiger partial charge in [-0.05, 0) is 31.9 Å². The van der Waals surface area contributed by atoms with Crippen molar-refractivity contribution in [1.82, 2.24) is 14.5 Å². The van der Waals surface area contributed by atoms with Crippen molar-refractivity contribution in [2.24, 2.45) is 0 Å². The van der Waals surface area contributed by atoms with Crippen LogP contribution in [0.5, 0.6) is 0 Å². The number of sulfonamides is 1. The third-order valence-corrected chi connectivity index (χ3v) is 6.53. The summed E-state index contributed by atoms with van der Waals surface area (Å²) in [5, 5.41) is 3.17. The van der Waals surface area contributed by atoms with Crippen molar-refractivity contribution in [1.29, 1.82) is 0 Å². The second-order valence-corrected chi connectivity index (χ2v) is 8.14. The van der Waals surface area contributed by atoms with Gasteiger partial charge in [0.05, 0.1) is 4.90 Å². The Morgan fingerprint density at radius 2 is 1.96 bits per heavy atom. The highest BCUT2D eigenvalue weighted by Gasteiger charge is 2.36. The van der Waals surface area contributed by atoms with Gasteiger partial charge < -0.3 is 10.2 Å². The molecule has 0 bridgehead atoms. The molecule has 0 aromatic heterocycles. The van der Waals surface area contributed by atoms with Gasteiger partial charge in [0, 0.05) is 32.2 Å². The van der Waals surface area contributed by atoms with Crippen LogP contribution in [0.4, 0.5) is 0 Å². The predicted octanol–water partition coefficient (Wildman–Crippen LogP) is 0.660. The minimum absolute atomic E-state index is 0.0166. The van der Waals surface area contributed by atoms with Gasteiger partial charge in [-0.3, -0.25) is 4.79 Å². The number of benzene rings is 1. The molecule has 0 saturated carbocycles. The molecule has 1 unspecified atom stereocenters. The molecule has 2 atom stereocenters. The van der Waals surface area contributed by atoms with Gasteiger partial charge in [0.2, 0.25) is 15.9 Å². The van der Waals surface area contributed by atoms with E-state index in [9.17, 15) is 13.2 Å². The largest absolute Gasteiger partial charge is 0.339 e. The fraction of sp³-hybridized carbons (Fsp3) is 0.562. The van der Waals surface area contributed by atoms with Crippen molar-refractivity contribution in [2.45, 2.75) is 36.7 Å². The number of carbonyl (C=O) groups excluding carboxylic acids is 1. The smallest absolute Gasteiger partial charge is 0.243 e. The van der Waals surface area contributed by atoms with Crippen molar-refractivity contribution in [3.8, 4) is 0 Å². The van der Waals surface area contributed by atoms with Crippen molar-refractivity contribution in [3.63, 3.8) is 0 Å². The van der Waals surface area contributed by atoms with E-state index >= 15 is 0 Å². The van der Waals surface area contributed by atoms with E-state index in [1.54, 1.807) is 30.3 Å². The van der Waals surface area contributed by atoms with Crippen LogP contribution in [0.1, 0.15) is 19.8 Å². The Balaban J connectivity index is 1.75. The monoisotopic (exact) mass is 337 g/mol. The zero-order valence-electron chi connectivity index (χ0n) is 13.3. The van der Waals surface area contributed by atoms with Gasteiger partial charge in [-0.25, -0.2) is 8.42 Å². The van der Waals surface area contributed by atoms with Crippen LogP contribution < -0.4 is 5.32 Å². The van der Waals surface area contributed by atoms with Crippen LogP contribution in [0.3, 0.4) is 0 Å². The number of likely N-dealkylation sites (tertiary alicyclic amines) is 1. The lowest BCUT2D eigenvalue weighted by atomic mass is 10.2. The van der Waals surface area contributed by atoms with Gasteiger partial charge >= 0.3 is 0 Å². The number of hydrogen-bond acceptors (Lipinski definition) is 4. The molecular formula is C16H23N3O3S. The first-order valence-corrected chi connectivity index (χ1v) is 9.53. The molecule has 126 valence electrons. The first kappa shape index (κ1) is 16.4. The van der Waals surface area contributed by atoms with E-state index in [0.29, 0.717) is 13.1 Å². The topological polar surface area (TPSA) is 69.7 Å². The van der Waals surface area contributed by atoms with Crippen LogP contribution >= 0.6 is 0 Å². The molecule has 1 amide bonds. The first-order valence-electron chi connectivity index (χ1n) is 8.09. The Bertz CT molecular complexity index is 662. The van der Waals surface area contributed by atoms with Crippen molar-refractivity contribution < 1.29 is 13.2 Å². The Kier molecular flexibility index (Phi) is 4.70. The molecule has 2 heterocycles. The van der Waals surface area contributed by atoms with E-state index in [-0.39, 0.29) is 23.4 Å². The Hall–Kier alpha value is -1.44. The average molecular weight is 337 g/mol. The Morgan fingerprint density at radius 1 is 1.22 bits per heavy atom. The fourth-order valence-electron chi connectivity index (χ4n) is 3.31. The zero-order valence-corrected chi connectivity index (χ0v) is 14.1. The lowest BCUT2D eigenvalue weighted by molar-refractivity contribution is -0.134. The third-order valence-electron chi connectivity index (χ3n) is 4.65. The first-order chi connectivity index (χ1) is 11.0. The molecule has 0 spiro atoms. The molecule has 1 aromatic rings. The predicted molar refractivity (Wildman–Crippen MR) is 87.4 cm³/mol. The van der Waals surface area contributed by atoms with E-state index in [0.717, 1.165) is 19.4 Å². The van der Waals surface area contributed by atoms with E-state index in [1.165, 1.54) is 4.31 Å². The molecule has 0 radical (unpaired) electrons. The second kappa shape index (κ2) is 6.59. The molecule has 0 aliphatic carbocycles. The molecule has 2 fully saturated rings. The van der Waals surface area contributed by atoms with Gasteiger partial charge in [0.15, 0.2) is 0 Å². The van der Waals surface area contributed by atoms with Crippen LogP contribution in [-0.4, -0.2) is 61.8 Å². The summed E-state index contributed by atoms with van der Waals surface area (Å²) in [4.78, 5) is 14.8. The SMILES string of the molecule is C[C@@H]1CCCN1C(=O)C1CN(S(=O)(=O)c2ccccc2)CCN1. The average Bonchev–Trinajstić information content (AvgIpc) is 3.01. The van der Waals surface area contributed by atoms with Crippen molar-refractivity contribution in [3.05, 3.63) is 30.3 Å². The lowest BCUT2D eigenvalue weighted by Crippen LogP contribution is -2.59. The Labute approximate surface area is 137 Å². The molecule has 23 heavy (non-hydrogen) atoms. The van der Waals surface area contributed by atoms with Crippen molar-refractivity contribution >= 4 is 15.9 Å². The number of nitrogens with one attached hydrogen (secondary N) is 1. The number of nitrogens with zero attached hydrogens (tertiary/aromatic N) is 2. The molecule has 1 N–H and O–H groups in total. The maximum Gasteiger partial charge on any atom is 0.243 e. The summed E-state index contributed by atoms with van der Waals surface area (Å²) in [7, 11) is -3.54. The van der Waals surface area contributed by atoms with Crippen molar-refractivity contribution in [2.75, 3.05) is 26.2 Å². The van der Waals surface area contributed by atoms with Crippen LogP contribution in [0.15, 0.2) is 35.2 Å². The number of amides is 1. The number of carbonyl (C=O) groups is 1. The lowest BCUT2D eigenvalue weighted by Gasteiger charge is -2.35. The maximum atomic E-state index is 12.7. The number of hydrogen-bond donors (Lipinski definition) is 1. The minimum Gasteiger partial charge on any atom is -0.339 e. The molecular weight excluding hydrogens is 314 g/mol. The minimum atomic E-state index is -3.54. The van der Waals surface area contributed by atoms with E-state index in [1.807, 2.05) is 11.8 Å². The molecule has 2 aliphatic rings. The third kappa shape index (κ3) is 3.27. The second-order valence-electron chi connectivity index (χ2n) is 6.21. The summed E-state index contributed by atoms with van der Waals surface area (Å²) in [5.41, 5.74) is 0. The van der Waals surface area contributed by atoms with E-state index < -0.39 is 16.1 Å². The fourth-order valence-corrected chi connectivity index (χ4v) is 4.79. The zero-order chi connectivity index (χ0) is 16.4. The van der Waals surface area contributed by atoms with Crippen LogP contribution in [0, 0.1) is 0 Å². The van der Waals surface area contributed by atoms with E-state index in [4.69, 9.17) is 0 Å². The van der Waals surface area contributed by atoms with Gasteiger partial charge in [-0.15, -0.1) is 0 Å². The molecule has 1 aromatic carbocycles. The highest BCUT2D eigenvalue weighted by Crippen LogP contribution is 2.21. The quantitative estimate of drug-likeness (QED) is 0.880. The van der Waals surface area contributed by atoms with Gasteiger partial charge in [-0.1, -0.05) is 18.2 Å². The standard InChI is InChI=1S/C16H23N3O3S/c1-13-6-5-10-19(13)16(20)15-12-18(11-9-17-15)23(21,22)14-7-3-2-4-8-14/h2-4,7-8,13,15,17H,5-6,9-12H2,1H3/t13-,15?/m1/s1. The Morgan fingerprint density at radius 3 is 2.61 bits per heavy atom. The molecule has 3 rings (SSSR count). The maximum absolute atomic E-state index is 12.7. The highest BCUT2D eigenvalue weighted by molar-refractivity contribution is 7.89. The van der Waals surface area contributed by atoms with Gasteiger partial charge in [-0.2, -0.15) is 4.31 Å². The summed E-state index contributed by atoms with van der Waals surface area (Å²) in [6, 6.07) is 8.19. The van der Waals surface area contributed by atoms with Crippen LogP contribution in [0.2, 0.25) is 0 Å². The van der Waals surface area contributed by atoms with Crippen LogP contribution in [0.25, 0.3) is 0 Å². The molecule has 7 heteroatoms. The molecule has 2 aliphatic heterocycles. The number of rotatable bonds is 3. The van der Waals surface area contributed by atoms with Gasteiger partial charge in [0.25, 0.3) is 0 Å². The summed E-state index contributed by atoms with van der Waals surface area (Å²) >= 11 is 0. The van der Waals surface area contributed by atoms with E-state index in [2.05, 4.69) is 5.32 Å². The molecule has 6 nitrogen and oxygen atoms in total. The highest BCUT2D eigenvalue weighted by atomic mass is 32.2. The molecule has 2 saturated heterocycles. The summed E-state index contributed by atoms with van der Waals surface area (Å²) < 4.78 is 26.8. The number of piperazine rings is 1. The summed E-state index contributed by atoms with van der Waals surface area (Å²) in [6.07, 6.45) is 2.04. The van der Waals surface area contributed by atoms with Gasteiger partial charge in [0.1, 0.15) is 6.04 Å². The summed E-state index contributed by atoms with van der Waals surface area (Å²) in [6.45, 7) is 3.89. The normalized spacial score (nSPS) is 26.4.